The average molecular weight is 423 g/mol. The van der Waals surface area contributed by atoms with Crippen LogP contribution >= 0.6 is 15.9 Å². The highest BCUT2D eigenvalue weighted by Gasteiger charge is 2.32. The molecule has 0 amide bonds. The number of benzene rings is 1. The van der Waals surface area contributed by atoms with Crippen molar-refractivity contribution in [2.75, 3.05) is 32.5 Å². The molecule has 1 aromatic carbocycles. The van der Waals surface area contributed by atoms with Crippen LogP contribution in [0.25, 0.3) is 5.69 Å². The van der Waals surface area contributed by atoms with Crippen molar-refractivity contribution in [2.45, 2.75) is 0 Å². The molecule has 0 radical (unpaired) electrons. The number of methoxy groups -OCH3 is 2. The van der Waals surface area contributed by atoms with E-state index in [2.05, 4.69) is 26.0 Å². The number of hydrogen-bond acceptors (Lipinski definition) is 8. The fourth-order valence-corrected chi connectivity index (χ4v) is 2.76. The first-order valence-corrected chi connectivity index (χ1v) is 8.27. The lowest BCUT2D eigenvalue weighted by Crippen LogP contribution is -2.38. The third-order valence-electron chi connectivity index (χ3n) is 3.72. The van der Waals surface area contributed by atoms with E-state index in [1.807, 2.05) is 0 Å². The molecule has 0 saturated heterocycles. The van der Waals surface area contributed by atoms with Gasteiger partial charge in [0.1, 0.15) is 18.8 Å². The highest BCUT2D eigenvalue weighted by atomic mass is 79.9. The smallest absolute Gasteiger partial charge is 0.355 e. The number of aromatic nitrogens is 3. The molecule has 0 fully saturated rings. The summed E-state index contributed by atoms with van der Waals surface area (Å²) in [5, 5.41) is 4.17. The minimum atomic E-state index is -0.641. The predicted molar refractivity (Wildman–Crippen MR) is 93.4 cm³/mol. The van der Waals surface area contributed by atoms with Gasteiger partial charge in [-0.05, 0) is 40.2 Å². The topological polar surface area (TPSA) is 95.8 Å². The summed E-state index contributed by atoms with van der Waals surface area (Å²) in [6.07, 6.45) is 1.57. The predicted octanol–water partition coefficient (Wildman–Crippen LogP) is 1.42. The number of anilines is 1. The molecule has 0 unspecified atom stereocenters. The van der Waals surface area contributed by atoms with Crippen LogP contribution in [-0.4, -0.2) is 54.3 Å². The summed E-state index contributed by atoms with van der Waals surface area (Å²) in [5.41, 5.74) is 1.63. The van der Waals surface area contributed by atoms with Gasteiger partial charge in [0.05, 0.1) is 32.1 Å². The van der Waals surface area contributed by atoms with E-state index >= 15 is 0 Å². The molecule has 2 aromatic rings. The van der Waals surface area contributed by atoms with Crippen molar-refractivity contribution in [1.82, 2.24) is 14.8 Å². The van der Waals surface area contributed by atoms with Crippen molar-refractivity contribution in [3.63, 3.8) is 0 Å². The van der Waals surface area contributed by atoms with E-state index in [1.165, 1.54) is 14.2 Å². The highest BCUT2D eigenvalue weighted by molar-refractivity contribution is 9.10. The number of carbonyl (C=O) groups excluding carboxylic acids is 2. The van der Waals surface area contributed by atoms with E-state index in [4.69, 9.17) is 14.2 Å². The molecule has 3 rings (SSSR count). The van der Waals surface area contributed by atoms with Crippen molar-refractivity contribution in [3.8, 4) is 5.69 Å². The molecule has 0 aliphatic carbocycles. The fraction of sp³-hybridized carbons (Fsp3) is 0.250. The molecule has 0 N–H and O–H groups in total. The van der Waals surface area contributed by atoms with Crippen molar-refractivity contribution >= 4 is 33.6 Å². The van der Waals surface area contributed by atoms with Crippen LogP contribution in [0.1, 0.15) is 0 Å². The van der Waals surface area contributed by atoms with E-state index in [-0.39, 0.29) is 24.6 Å². The maximum atomic E-state index is 12.3. The van der Waals surface area contributed by atoms with E-state index in [1.54, 1.807) is 40.2 Å². The number of halogens is 1. The number of rotatable bonds is 4. The number of esters is 2. The first-order chi connectivity index (χ1) is 12.5. The third kappa shape index (κ3) is 3.46. The molecule has 0 bridgehead atoms. The van der Waals surface area contributed by atoms with Crippen molar-refractivity contribution in [3.05, 3.63) is 46.6 Å². The lowest BCUT2D eigenvalue weighted by molar-refractivity contribution is -0.140. The second kappa shape index (κ2) is 7.67. The van der Waals surface area contributed by atoms with E-state index < -0.39 is 11.9 Å². The summed E-state index contributed by atoms with van der Waals surface area (Å²) < 4.78 is 17.1. The van der Waals surface area contributed by atoms with Crippen molar-refractivity contribution in [2.24, 2.45) is 0 Å². The normalized spacial score (nSPS) is 14.3. The maximum Gasteiger partial charge on any atom is 0.355 e. The molecular formula is C16H15BrN4O5. The molecule has 0 spiro atoms. The van der Waals surface area contributed by atoms with Crippen LogP contribution in [-0.2, 0) is 23.8 Å². The summed E-state index contributed by atoms with van der Waals surface area (Å²) in [7, 11) is 2.50. The number of ether oxygens (including phenoxy) is 3. The Bertz CT molecular complexity index is 862. The molecule has 1 aliphatic heterocycles. The van der Waals surface area contributed by atoms with Crippen LogP contribution in [0.2, 0.25) is 0 Å². The number of nitrogens with zero attached hydrogens (tertiary/aromatic N) is 4. The summed E-state index contributed by atoms with van der Waals surface area (Å²) >= 11 is 3.20. The van der Waals surface area contributed by atoms with Gasteiger partial charge in [0.15, 0.2) is 0 Å². The highest BCUT2D eigenvalue weighted by Crippen LogP contribution is 2.27. The van der Waals surface area contributed by atoms with E-state index in [0.717, 1.165) is 5.69 Å². The van der Waals surface area contributed by atoms with Gasteiger partial charge < -0.3 is 19.1 Å². The molecule has 2 heterocycles. The standard InChI is InChI=1S/C16H15BrN4O5/c1-24-14(22)12-7-26-9-20(13(12)15(23)25-2)10-3-5-11(6-4-10)21-8-18-16(17)19-21/h3-6,8H,7,9H2,1-2H3. The van der Waals surface area contributed by atoms with E-state index in [0.29, 0.717) is 10.4 Å². The summed E-state index contributed by atoms with van der Waals surface area (Å²) in [5.74, 6) is -1.28. The molecule has 0 saturated carbocycles. The monoisotopic (exact) mass is 422 g/mol. The molecular weight excluding hydrogens is 408 g/mol. The van der Waals surface area contributed by atoms with Crippen LogP contribution in [0, 0.1) is 0 Å². The zero-order valence-electron chi connectivity index (χ0n) is 14.0. The first-order valence-electron chi connectivity index (χ1n) is 7.47. The Kier molecular flexibility index (Phi) is 5.33. The number of hydrogen-bond donors (Lipinski definition) is 0. The number of carbonyl (C=O) groups is 2. The Labute approximate surface area is 157 Å². The van der Waals surface area contributed by atoms with Crippen molar-refractivity contribution in [1.29, 1.82) is 0 Å². The zero-order chi connectivity index (χ0) is 18.7. The van der Waals surface area contributed by atoms with Crippen LogP contribution < -0.4 is 4.90 Å². The summed E-state index contributed by atoms with van der Waals surface area (Å²) in [4.78, 5) is 29.8. The van der Waals surface area contributed by atoms with Crippen LogP contribution in [0.15, 0.2) is 46.6 Å². The van der Waals surface area contributed by atoms with Gasteiger partial charge in [-0.15, -0.1) is 5.10 Å². The second-order valence-corrected chi connectivity index (χ2v) is 5.90. The Hall–Kier alpha value is -2.72. The average Bonchev–Trinajstić information content (AvgIpc) is 3.12. The quantitative estimate of drug-likeness (QED) is 0.682. The van der Waals surface area contributed by atoms with Crippen LogP contribution in [0.3, 0.4) is 0 Å². The molecule has 10 heteroatoms. The largest absolute Gasteiger partial charge is 0.466 e. The van der Waals surface area contributed by atoms with Gasteiger partial charge in [0.25, 0.3) is 0 Å². The summed E-state index contributed by atoms with van der Waals surface area (Å²) in [6, 6.07) is 7.16. The second-order valence-electron chi connectivity index (χ2n) is 5.19. The minimum Gasteiger partial charge on any atom is -0.466 e. The molecule has 1 aromatic heterocycles. The molecule has 26 heavy (non-hydrogen) atoms. The van der Waals surface area contributed by atoms with Crippen molar-refractivity contribution < 1.29 is 23.8 Å². The molecule has 136 valence electrons. The lowest BCUT2D eigenvalue weighted by Gasteiger charge is -2.31. The molecule has 1 aliphatic rings. The van der Waals surface area contributed by atoms with E-state index in [9.17, 15) is 9.59 Å². The van der Waals surface area contributed by atoms with Gasteiger partial charge >= 0.3 is 11.9 Å². The summed E-state index contributed by atoms with van der Waals surface area (Å²) in [6.45, 7) is 0.0673. The molecule has 9 nitrogen and oxygen atoms in total. The minimum absolute atomic E-state index is 0.0291. The Balaban J connectivity index is 1.98. The molecule has 0 atom stereocenters. The van der Waals surface area contributed by atoms with Crippen LogP contribution in [0.5, 0.6) is 0 Å². The first kappa shape index (κ1) is 18.1. The van der Waals surface area contributed by atoms with Gasteiger partial charge in [-0.25, -0.2) is 19.3 Å². The fourth-order valence-electron chi connectivity index (χ4n) is 2.50. The van der Waals surface area contributed by atoms with Crippen LogP contribution in [0.4, 0.5) is 5.69 Å². The zero-order valence-corrected chi connectivity index (χ0v) is 15.6. The SMILES string of the molecule is COC(=O)C1=C(C(=O)OC)N(c2ccc(-n3cnc(Br)n3)cc2)COC1. The Morgan fingerprint density at radius 3 is 2.35 bits per heavy atom. The Morgan fingerprint density at radius 1 is 1.12 bits per heavy atom. The van der Waals surface area contributed by atoms with Gasteiger partial charge in [0, 0.05) is 5.69 Å². The third-order valence-corrected chi connectivity index (χ3v) is 4.09. The van der Waals surface area contributed by atoms with Gasteiger partial charge in [-0.3, -0.25) is 0 Å². The lowest BCUT2D eigenvalue weighted by atomic mass is 10.1. The van der Waals surface area contributed by atoms with Gasteiger partial charge in [-0.1, -0.05) is 0 Å². The van der Waals surface area contributed by atoms with Gasteiger partial charge in [0.2, 0.25) is 4.73 Å². The maximum absolute atomic E-state index is 12.3. The Morgan fingerprint density at radius 2 is 1.77 bits per heavy atom. The van der Waals surface area contributed by atoms with Gasteiger partial charge in [-0.2, -0.15) is 0 Å².